The van der Waals surface area contributed by atoms with Crippen molar-refractivity contribution in [2.75, 3.05) is 45.4 Å². The zero-order chi connectivity index (χ0) is 12.5. The second-order valence-electron chi connectivity index (χ2n) is 3.49. The molecule has 0 bridgehead atoms. The Morgan fingerprint density at radius 3 is 2.47 bits per heavy atom. The number of anilines is 1. The second-order valence-corrected chi connectivity index (χ2v) is 3.49. The van der Waals surface area contributed by atoms with E-state index in [4.69, 9.17) is 14.7 Å². The summed E-state index contributed by atoms with van der Waals surface area (Å²) in [5.74, 6) is 0.776. The monoisotopic (exact) mass is 235 g/mol. The summed E-state index contributed by atoms with van der Waals surface area (Å²) in [4.78, 5) is 6.29. The van der Waals surface area contributed by atoms with E-state index in [0.29, 0.717) is 18.8 Å². The van der Waals surface area contributed by atoms with E-state index >= 15 is 0 Å². The Kier molecular flexibility index (Phi) is 6.00. The van der Waals surface area contributed by atoms with Crippen LogP contribution in [-0.4, -0.2) is 45.5 Å². The van der Waals surface area contributed by atoms with Gasteiger partial charge >= 0.3 is 0 Å². The molecule has 5 nitrogen and oxygen atoms in total. The molecule has 0 saturated carbocycles. The molecule has 0 aromatic carbocycles. The van der Waals surface area contributed by atoms with Crippen LogP contribution in [-0.2, 0) is 9.47 Å². The van der Waals surface area contributed by atoms with Gasteiger partial charge in [0.15, 0.2) is 0 Å². The first-order valence-corrected chi connectivity index (χ1v) is 5.40. The summed E-state index contributed by atoms with van der Waals surface area (Å²) < 4.78 is 10.1. The first-order valence-electron chi connectivity index (χ1n) is 5.40. The van der Waals surface area contributed by atoms with Crippen molar-refractivity contribution in [2.45, 2.75) is 0 Å². The topological polar surface area (TPSA) is 58.4 Å². The molecule has 0 atom stereocenters. The van der Waals surface area contributed by atoms with Crippen molar-refractivity contribution >= 4 is 5.82 Å². The van der Waals surface area contributed by atoms with Gasteiger partial charge in [0.2, 0.25) is 0 Å². The maximum atomic E-state index is 8.85. The van der Waals surface area contributed by atoms with E-state index in [1.54, 1.807) is 32.5 Å². The van der Waals surface area contributed by atoms with Crippen LogP contribution < -0.4 is 4.90 Å². The minimum absolute atomic E-state index is 0.606. The van der Waals surface area contributed by atoms with Crippen LogP contribution in [0.1, 0.15) is 5.56 Å². The zero-order valence-electron chi connectivity index (χ0n) is 10.2. The highest BCUT2D eigenvalue weighted by molar-refractivity contribution is 5.44. The van der Waals surface area contributed by atoms with Crippen LogP contribution in [0.15, 0.2) is 18.3 Å². The van der Waals surface area contributed by atoms with Crippen LogP contribution in [0.2, 0.25) is 0 Å². The number of rotatable bonds is 7. The summed E-state index contributed by atoms with van der Waals surface area (Å²) in [7, 11) is 3.32. The number of aromatic nitrogens is 1. The van der Waals surface area contributed by atoms with Gasteiger partial charge in [0.25, 0.3) is 0 Å². The number of nitriles is 1. The number of hydrogen-bond acceptors (Lipinski definition) is 5. The lowest BCUT2D eigenvalue weighted by Crippen LogP contribution is -2.31. The standard InChI is InChI=1S/C12H17N3O2/c1-16-7-5-15(6-8-17-2)12-9-11(10-13)3-4-14-12/h3-4,9H,5-8H2,1-2H3. The zero-order valence-corrected chi connectivity index (χ0v) is 10.2. The fourth-order valence-electron chi connectivity index (χ4n) is 1.40. The molecule has 17 heavy (non-hydrogen) atoms. The van der Waals surface area contributed by atoms with Gasteiger partial charge in [-0.1, -0.05) is 0 Å². The first-order chi connectivity index (χ1) is 8.31. The Morgan fingerprint density at radius 1 is 1.29 bits per heavy atom. The van der Waals surface area contributed by atoms with Gasteiger partial charge in [-0.25, -0.2) is 4.98 Å². The van der Waals surface area contributed by atoms with E-state index in [9.17, 15) is 0 Å². The van der Waals surface area contributed by atoms with Gasteiger partial charge < -0.3 is 14.4 Å². The molecule has 0 aliphatic heterocycles. The molecule has 0 N–H and O–H groups in total. The maximum Gasteiger partial charge on any atom is 0.129 e. The molecule has 0 aliphatic carbocycles. The van der Waals surface area contributed by atoms with Crippen molar-refractivity contribution in [3.63, 3.8) is 0 Å². The third kappa shape index (κ3) is 4.39. The van der Waals surface area contributed by atoms with Crippen LogP contribution in [0, 0.1) is 11.3 Å². The molecule has 0 saturated heterocycles. The Balaban J connectivity index is 2.75. The molecule has 0 unspecified atom stereocenters. The maximum absolute atomic E-state index is 8.85. The van der Waals surface area contributed by atoms with Gasteiger partial charge in [0, 0.05) is 33.5 Å². The van der Waals surface area contributed by atoms with Crippen molar-refractivity contribution < 1.29 is 9.47 Å². The lowest BCUT2D eigenvalue weighted by molar-refractivity contribution is 0.190. The normalized spacial score (nSPS) is 9.94. The summed E-state index contributed by atoms with van der Waals surface area (Å²) in [5, 5.41) is 8.85. The summed E-state index contributed by atoms with van der Waals surface area (Å²) in [5.41, 5.74) is 0.606. The highest BCUT2D eigenvalue weighted by Gasteiger charge is 2.08. The highest BCUT2D eigenvalue weighted by Crippen LogP contribution is 2.11. The van der Waals surface area contributed by atoms with Crippen LogP contribution in [0.25, 0.3) is 0 Å². The Labute approximate surface area is 102 Å². The Bertz CT molecular complexity index is 368. The Morgan fingerprint density at radius 2 is 1.94 bits per heavy atom. The highest BCUT2D eigenvalue weighted by atomic mass is 16.5. The van der Waals surface area contributed by atoms with Crippen LogP contribution in [0.3, 0.4) is 0 Å². The largest absolute Gasteiger partial charge is 0.383 e. The number of hydrogen-bond donors (Lipinski definition) is 0. The van der Waals surface area contributed by atoms with E-state index in [1.165, 1.54) is 0 Å². The molecule has 0 aliphatic rings. The molecule has 1 rings (SSSR count). The van der Waals surface area contributed by atoms with Crippen molar-refractivity contribution in [3.8, 4) is 6.07 Å². The molecule has 1 heterocycles. The van der Waals surface area contributed by atoms with E-state index in [0.717, 1.165) is 18.9 Å². The second kappa shape index (κ2) is 7.60. The first kappa shape index (κ1) is 13.4. The van der Waals surface area contributed by atoms with Crippen LogP contribution in [0.4, 0.5) is 5.82 Å². The van der Waals surface area contributed by atoms with Crippen molar-refractivity contribution in [1.29, 1.82) is 5.26 Å². The summed E-state index contributed by atoms with van der Waals surface area (Å²) >= 11 is 0. The predicted molar refractivity (Wildman–Crippen MR) is 64.9 cm³/mol. The molecule has 1 aromatic rings. The molecule has 0 radical (unpaired) electrons. The van der Waals surface area contributed by atoms with Gasteiger partial charge in [-0.15, -0.1) is 0 Å². The molecule has 1 aromatic heterocycles. The molecule has 0 fully saturated rings. The van der Waals surface area contributed by atoms with E-state index in [-0.39, 0.29) is 0 Å². The number of pyridine rings is 1. The predicted octanol–water partition coefficient (Wildman–Crippen LogP) is 1.05. The molecule has 5 heteroatoms. The van der Waals surface area contributed by atoms with Gasteiger partial charge in [0.1, 0.15) is 5.82 Å². The number of nitrogens with zero attached hydrogens (tertiary/aromatic N) is 3. The van der Waals surface area contributed by atoms with Gasteiger partial charge in [-0.05, 0) is 12.1 Å². The molecule has 0 spiro atoms. The minimum atomic E-state index is 0.606. The van der Waals surface area contributed by atoms with Crippen LogP contribution in [0.5, 0.6) is 0 Å². The van der Waals surface area contributed by atoms with Gasteiger partial charge in [-0.3, -0.25) is 0 Å². The van der Waals surface area contributed by atoms with E-state index in [1.807, 2.05) is 4.90 Å². The third-order valence-corrected chi connectivity index (χ3v) is 2.33. The molecule has 92 valence electrons. The van der Waals surface area contributed by atoms with Gasteiger partial charge in [0.05, 0.1) is 24.8 Å². The molecule has 0 amide bonds. The molecular formula is C12H17N3O2. The van der Waals surface area contributed by atoms with E-state index in [2.05, 4.69) is 11.1 Å². The van der Waals surface area contributed by atoms with Crippen molar-refractivity contribution in [1.82, 2.24) is 4.98 Å². The Hall–Kier alpha value is -1.64. The van der Waals surface area contributed by atoms with Gasteiger partial charge in [-0.2, -0.15) is 5.26 Å². The van der Waals surface area contributed by atoms with Crippen molar-refractivity contribution in [2.24, 2.45) is 0 Å². The van der Waals surface area contributed by atoms with Crippen molar-refractivity contribution in [3.05, 3.63) is 23.9 Å². The SMILES string of the molecule is COCCN(CCOC)c1cc(C#N)ccn1. The summed E-state index contributed by atoms with van der Waals surface area (Å²) in [6.07, 6.45) is 1.64. The average molecular weight is 235 g/mol. The summed E-state index contributed by atoms with van der Waals surface area (Å²) in [6, 6.07) is 5.56. The van der Waals surface area contributed by atoms with E-state index < -0.39 is 0 Å². The molecular weight excluding hydrogens is 218 g/mol. The minimum Gasteiger partial charge on any atom is -0.383 e. The van der Waals surface area contributed by atoms with Crippen LogP contribution >= 0.6 is 0 Å². The fourth-order valence-corrected chi connectivity index (χ4v) is 1.40. The lowest BCUT2D eigenvalue weighted by Gasteiger charge is -2.22. The number of methoxy groups -OCH3 is 2. The lowest BCUT2D eigenvalue weighted by atomic mass is 10.3. The quantitative estimate of drug-likeness (QED) is 0.707. The third-order valence-electron chi connectivity index (χ3n) is 2.33. The number of ether oxygens (including phenoxy) is 2. The summed E-state index contributed by atoms with van der Waals surface area (Å²) in [6.45, 7) is 2.67. The smallest absolute Gasteiger partial charge is 0.129 e. The fraction of sp³-hybridized carbons (Fsp3) is 0.500. The average Bonchev–Trinajstić information content (AvgIpc) is 2.39.